The first-order chi connectivity index (χ1) is 14.5. The van der Waals surface area contributed by atoms with E-state index in [4.69, 9.17) is 11.6 Å². The first kappa shape index (κ1) is 18.7. The fourth-order valence-corrected chi connectivity index (χ4v) is 4.50. The topological polar surface area (TPSA) is 104 Å². The van der Waals surface area contributed by atoms with Gasteiger partial charge in [0.05, 0.1) is 16.8 Å². The largest absolute Gasteiger partial charge is 0.323 e. The Hall–Kier alpha value is -3.33. The molecule has 30 heavy (non-hydrogen) atoms. The molecule has 2 atom stereocenters. The Bertz CT molecular complexity index is 1200. The standard InChI is InChI=1S/C20H16ClFN6O2/c21-14-7-17(24-9-13(14)10-1-4-16(22)23-8-10)25-20(30)28-12-2-3-15(28)19-11(5-12)6-18(29)26-27-19/h1,4,6-9,12,15H,2-3,5H2,(H,26,29)(H,24,25,30)/t12?,15-/m1/s1. The molecule has 8 nitrogen and oxygen atoms in total. The van der Waals surface area contributed by atoms with Gasteiger partial charge < -0.3 is 4.90 Å². The number of carbonyl (C=O) groups is 1. The van der Waals surface area contributed by atoms with E-state index >= 15 is 0 Å². The van der Waals surface area contributed by atoms with Crippen LogP contribution in [0.25, 0.3) is 11.1 Å². The molecule has 3 aromatic rings. The van der Waals surface area contributed by atoms with Gasteiger partial charge in [-0.3, -0.25) is 10.1 Å². The minimum atomic E-state index is -0.581. The number of anilines is 1. The van der Waals surface area contributed by atoms with E-state index in [1.54, 1.807) is 23.1 Å². The predicted octanol–water partition coefficient (Wildman–Crippen LogP) is 3.31. The lowest BCUT2D eigenvalue weighted by Gasteiger charge is -2.35. The number of urea groups is 1. The van der Waals surface area contributed by atoms with E-state index in [-0.39, 0.29) is 23.7 Å². The van der Waals surface area contributed by atoms with Gasteiger partial charge >= 0.3 is 6.03 Å². The molecule has 2 N–H and O–H groups in total. The van der Waals surface area contributed by atoms with Gasteiger partial charge in [-0.05, 0) is 37.0 Å². The van der Waals surface area contributed by atoms with Crippen LogP contribution in [0.15, 0.2) is 41.5 Å². The highest BCUT2D eigenvalue weighted by Gasteiger charge is 2.43. The summed E-state index contributed by atoms with van der Waals surface area (Å²) in [5.74, 6) is -0.272. The zero-order chi connectivity index (χ0) is 20.8. The van der Waals surface area contributed by atoms with Crippen molar-refractivity contribution in [2.45, 2.75) is 31.3 Å². The normalized spacial score (nSPS) is 19.5. The van der Waals surface area contributed by atoms with E-state index < -0.39 is 5.95 Å². The average Bonchev–Trinajstić information content (AvgIpc) is 3.04. The van der Waals surface area contributed by atoms with Crippen LogP contribution in [0, 0.1) is 5.95 Å². The fraction of sp³-hybridized carbons (Fsp3) is 0.250. The van der Waals surface area contributed by atoms with Crippen molar-refractivity contribution in [1.29, 1.82) is 0 Å². The number of amides is 2. The Labute approximate surface area is 175 Å². The van der Waals surface area contributed by atoms with Crippen LogP contribution >= 0.6 is 11.6 Å². The van der Waals surface area contributed by atoms with Gasteiger partial charge in [-0.2, -0.15) is 9.49 Å². The molecule has 5 rings (SSSR count). The molecule has 0 spiro atoms. The van der Waals surface area contributed by atoms with E-state index in [1.807, 2.05) is 0 Å². The van der Waals surface area contributed by atoms with Gasteiger partial charge in [0.25, 0.3) is 5.56 Å². The number of hydrogen-bond donors (Lipinski definition) is 2. The van der Waals surface area contributed by atoms with Crippen LogP contribution in [0.2, 0.25) is 5.02 Å². The maximum atomic E-state index is 13.0. The van der Waals surface area contributed by atoms with Crippen molar-refractivity contribution >= 4 is 23.4 Å². The Morgan fingerprint density at radius 3 is 2.87 bits per heavy atom. The maximum absolute atomic E-state index is 13.0. The summed E-state index contributed by atoms with van der Waals surface area (Å²) in [7, 11) is 0. The highest BCUT2D eigenvalue weighted by atomic mass is 35.5. The summed E-state index contributed by atoms with van der Waals surface area (Å²) < 4.78 is 13.0. The molecule has 0 aliphatic carbocycles. The van der Waals surface area contributed by atoms with Gasteiger partial charge in [0.15, 0.2) is 0 Å². The molecule has 0 radical (unpaired) electrons. The van der Waals surface area contributed by atoms with Gasteiger partial charge in [0, 0.05) is 41.7 Å². The van der Waals surface area contributed by atoms with Crippen molar-refractivity contribution in [3.8, 4) is 11.1 Å². The number of rotatable bonds is 2. The number of nitrogens with one attached hydrogen (secondary N) is 2. The van der Waals surface area contributed by atoms with Crippen LogP contribution in [0.1, 0.15) is 30.1 Å². The van der Waals surface area contributed by atoms with Crippen LogP contribution < -0.4 is 10.9 Å². The summed E-state index contributed by atoms with van der Waals surface area (Å²) in [5, 5.41) is 9.80. The van der Waals surface area contributed by atoms with E-state index in [9.17, 15) is 14.0 Å². The van der Waals surface area contributed by atoms with Crippen LogP contribution in [-0.4, -0.2) is 37.1 Å². The Kier molecular flexibility index (Phi) is 4.47. The molecule has 1 unspecified atom stereocenters. The summed E-state index contributed by atoms with van der Waals surface area (Å²) in [4.78, 5) is 34.2. The minimum absolute atomic E-state index is 0.00568. The zero-order valence-corrected chi connectivity index (χ0v) is 16.4. The maximum Gasteiger partial charge on any atom is 0.323 e. The quantitative estimate of drug-likeness (QED) is 0.612. The summed E-state index contributed by atoms with van der Waals surface area (Å²) in [6, 6.07) is 5.44. The Balaban J connectivity index is 1.37. The molecular weight excluding hydrogens is 411 g/mol. The van der Waals surface area contributed by atoms with E-state index in [0.29, 0.717) is 28.4 Å². The second-order valence-corrected chi connectivity index (χ2v) is 7.76. The number of fused-ring (bicyclic) bond motifs is 4. The predicted molar refractivity (Wildman–Crippen MR) is 108 cm³/mol. The third-order valence-corrected chi connectivity index (χ3v) is 5.87. The fourth-order valence-electron chi connectivity index (χ4n) is 4.24. The summed E-state index contributed by atoms with van der Waals surface area (Å²) in [6.07, 6.45) is 5.11. The molecule has 2 bridgehead atoms. The highest BCUT2D eigenvalue weighted by Crippen LogP contribution is 2.42. The van der Waals surface area contributed by atoms with E-state index in [2.05, 4.69) is 25.5 Å². The Morgan fingerprint density at radius 2 is 2.10 bits per heavy atom. The molecular formula is C20H16ClFN6O2. The van der Waals surface area contributed by atoms with Crippen LogP contribution in [0.3, 0.4) is 0 Å². The Morgan fingerprint density at radius 1 is 1.23 bits per heavy atom. The lowest BCUT2D eigenvalue weighted by atomic mass is 9.99. The monoisotopic (exact) mass is 426 g/mol. The zero-order valence-electron chi connectivity index (χ0n) is 15.6. The molecule has 152 valence electrons. The van der Waals surface area contributed by atoms with Crippen LogP contribution in [0.4, 0.5) is 15.0 Å². The van der Waals surface area contributed by atoms with Crippen molar-refractivity contribution in [2.75, 3.05) is 5.32 Å². The molecule has 3 aromatic heterocycles. The van der Waals surface area contributed by atoms with Gasteiger partial charge in [-0.1, -0.05) is 11.6 Å². The highest BCUT2D eigenvalue weighted by molar-refractivity contribution is 6.33. The van der Waals surface area contributed by atoms with Gasteiger partial charge in [-0.25, -0.2) is 19.9 Å². The molecule has 1 fully saturated rings. The van der Waals surface area contributed by atoms with Gasteiger partial charge in [0.1, 0.15) is 5.82 Å². The number of pyridine rings is 2. The van der Waals surface area contributed by atoms with Crippen molar-refractivity contribution in [3.63, 3.8) is 0 Å². The first-order valence-electron chi connectivity index (χ1n) is 9.45. The molecule has 2 aliphatic rings. The molecule has 10 heteroatoms. The SMILES string of the molecule is O=C(Nc1cc(Cl)c(-c2ccc(F)nc2)cn1)N1C2CC[C@@H]1c1n[nH]c(=O)cc1C2. The summed E-state index contributed by atoms with van der Waals surface area (Å²) in [5.41, 5.74) is 2.61. The van der Waals surface area contributed by atoms with Crippen LogP contribution in [0.5, 0.6) is 0 Å². The van der Waals surface area contributed by atoms with Gasteiger partial charge in [-0.15, -0.1) is 0 Å². The summed E-state index contributed by atoms with van der Waals surface area (Å²) >= 11 is 6.35. The summed E-state index contributed by atoms with van der Waals surface area (Å²) in [6.45, 7) is 0. The third-order valence-electron chi connectivity index (χ3n) is 5.56. The van der Waals surface area contributed by atoms with E-state index in [1.165, 1.54) is 18.5 Å². The molecule has 2 aliphatic heterocycles. The average molecular weight is 427 g/mol. The molecule has 2 amide bonds. The third kappa shape index (κ3) is 3.21. The van der Waals surface area contributed by atoms with Gasteiger partial charge in [0.2, 0.25) is 5.95 Å². The number of hydrogen-bond acceptors (Lipinski definition) is 5. The smallest absolute Gasteiger partial charge is 0.312 e. The number of H-pyrrole nitrogens is 1. The lowest BCUT2D eigenvalue weighted by molar-refractivity contribution is 0.177. The van der Waals surface area contributed by atoms with E-state index in [0.717, 1.165) is 24.1 Å². The van der Waals surface area contributed by atoms with Crippen LogP contribution in [-0.2, 0) is 6.42 Å². The number of halogens is 2. The lowest BCUT2D eigenvalue weighted by Crippen LogP contribution is -2.45. The van der Waals surface area contributed by atoms with Crippen molar-refractivity contribution < 1.29 is 9.18 Å². The first-order valence-corrected chi connectivity index (χ1v) is 9.82. The molecule has 5 heterocycles. The second-order valence-electron chi connectivity index (χ2n) is 7.35. The van der Waals surface area contributed by atoms with Crippen molar-refractivity contribution in [2.24, 2.45) is 0 Å². The van der Waals surface area contributed by atoms with Crippen molar-refractivity contribution in [1.82, 2.24) is 25.1 Å². The number of aromatic amines is 1. The number of aromatic nitrogens is 4. The molecule has 1 saturated heterocycles. The second kappa shape index (κ2) is 7.17. The number of carbonyl (C=O) groups excluding carboxylic acids is 1. The molecule has 0 saturated carbocycles. The molecule has 0 aromatic carbocycles. The number of nitrogens with zero attached hydrogens (tertiary/aromatic N) is 4. The minimum Gasteiger partial charge on any atom is -0.312 e. The van der Waals surface area contributed by atoms with Crippen molar-refractivity contribution in [3.05, 3.63) is 69.2 Å².